The van der Waals surface area contributed by atoms with Crippen LogP contribution in [0.25, 0.3) is 0 Å². The minimum Gasteiger partial charge on any atom is -0.456 e. The first-order valence-corrected chi connectivity index (χ1v) is 7.53. The highest BCUT2D eigenvalue weighted by molar-refractivity contribution is 9.10. The molecule has 0 amide bonds. The topological polar surface area (TPSA) is 89.8 Å². The maximum absolute atomic E-state index is 12.0. The number of benzene rings is 1. The van der Waals surface area contributed by atoms with Crippen molar-refractivity contribution < 1.29 is 19.2 Å². The number of likely N-dealkylation sites (tertiary alicyclic amines) is 1. The molecule has 1 aliphatic heterocycles. The maximum Gasteiger partial charge on any atom is 0.323 e. The second-order valence-electron chi connectivity index (χ2n) is 5.09. The number of nitro groups is 1. The minimum atomic E-state index is -0.547. The van der Waals surface area contributed by atoms with E-state index < -0.39 is 16.7 Å². The summed E-state index contributed by atoms with van der Waals surface area (Å²) < 4.78 is 5.26. The number of hydrogen-bond donors (Lipinski definition) is 0. The molecule has 1 fully saturated rings. The predicted molar refractivity (Wildman–Crippen MR) is 81.7 cm³/mol. The zero-order valence-corrected chi connectivity index (χ0v) is 13.5. The number of likely N-dealkylation sites (N-methyl/N-ethyl adjacent to an activating group) is 1. The quantitative estimate of drug-likeness (QED) is 0.341. The molecule has 1 aromatic rings. The van der Waals surface area contributed by atoms with E-state index in [1.54, 1.807) is 0 Å². The van der Waals surface area contributed by atoms with Crippen molar-refractivity contribution in [3.63, 3.8) is 0 Å². The lowest BCUT2D eigenvalue weighted by atomic mass is 10.1. The van der Waals surface area contributed by atoms with Crippen LogP contribution in [0.4, 0.5) is 5.69 Å². The van der Waals surface area contributed by atoms with E-state index in [2.05, 4.69) is 15.9 Å². The molecule has 0 radical (unpaired) electrons. The van der Waals surface area contributed by atoms with Gasteiger partial charge in [0.05, 0.1) is 9.40 Å². The lowest BCUT2D eigenvalue weighted by Gasteiger charge is -2.17. The number of carbonyl (C=O) groups is 2. The molecule has 0 aliphatic carbocycles. The molecule has 1 atom stereocenters. The molecule has 2 rings (SSSR count). The summed E-state index contributed by atoms with van der Waals surface area (Å²) in [6.45, 7) is 0.469. The van der Waals surface area contributed by atoms with Crippen LogP contribution < -0.4 is 0 Å². The summed E-state index contributed by atoms with van der Waals surface area (Å²) in [5, 5.41) is 10.7. The first kappa shape index (κ1) is 16.6. The van der Waals surface area contributed by atoms with Crippen LogP contribution in [-0.2, 0) is 9.53 Å². The summed E-state index contributed by atoms with van der Waals surface area (Å²) in [5.41, 5.74) is 0.131. The van der Waals surface area contributed by atoms with E-state index in [0.717, 1.165) is 19.4 Å². The van der Waals surface area contributed by atoms with E-state index in [1.807, 2.05) is 11.9 Å². The van der Waals surface area contributed by atoms with Gasteiger partial charge in [0.25, 0.3) is 5.69 Å². The number of carbonyl (C=O) groups excluding carboxylic acids is 2. The van der Waals surface area contributed by atoms with E-state index in [9.17, 15) is 19.7 Å². The van der Waals surface area contributed by atoms with Crippen molar-refractivity contribution >= 4 is 33.4 Å². The summed E-state index contributed by atoms with van der Waals surface area (Å²) in [7, 11) is 1.84. The fourth-order valence-electron chi connectivity index (χ4n) is 2.35. The summed E-state index contributed by atoms with van der Waals surface area (Å²) >= 11 is 3.05. The van der Waals surface area contributed by atoms with Crippen molar-refractivity contribution in [2.75, 3.05) is 20.2 Å². The predicted octanol–water partition coefficient (Wildman–Crippen LogP) is 2.18. The van der Waals surface area contributed by atoms with Gasteiger partial charge in [0, 0.05) is 11.6 Å². The molecule has 0 N–H and O–H groups in total. The van der Waals surface area contributed by atoms with Crippen LogP contribution in [0.15, 0.2) is 22.7 Å². The lowest BCUT2D eigenvalue weighted by Crippen LogP contribution is -2.35. The molecule has 1 aromatic carbocycles. The highest BCUT2D eigenvalue weighted by atomic mass is 79.9. The minimum absolute atomic E-state index is 0.124. The van der Waals surface area contributed by atoms with Crippen molar-refractivity contribution in [2.24, 2.45) is 0 Å². The Bertz CT molecular complexity index is 619. The van der Waals surface area contributed by atoms with Gasteiger partial charge in [0.1, 0.15) is 6.04 Å². The van der Waals surface area contributed by atoms with Gasteiger partial charge in [0.2, 0.25) is 0 Å². The highest BCUT2D eigenvalue weighted by Crippen LogP contribution is 2.25. The number of nitrogens with zero attached hydrogens (tertiary/aromatic N) is 2. The Balaban J connectivity index is 1.96. The Kier molecular flexibility index (Phi) is 5.25. The number of ketones is 1. The smallest absolute Gasteiger partial charge is 0.323 e. The number of Topliss-reactive ketones (excluding diaryl/α,β-unsaturated/α-hetero) is 1. The van der Waals surface area contributed by atoms with Crippen molar-refractivity contribution in [1.29, 1.82) is 0 Å². The summed E-state index contributed by atoms with van der Waals surface area (Å²) in [4.78, 5) is 35.9. The van der Waals surface area contributed by atoms with Gasteiger partial charge in [-0.3, -0.25) is 24.6 Å². The summed E-state index contributed by atoms with van der Waals surface area (Å²) in [6.07, 6.45) is 1.66. The van der Waals surface area contributed by atoms with Gasteiger partial charge in [-0.1, -0.05) is 0 Å². The fourth-order valence-corrected chi connectivity index (χ4v) is 2.88. The maximum atomic E-state index is 12.0. The van der Waals surface area contributed by atoms with Gasteiger partial charge >= 0.3 is 5.97 Å². The van der Waals surface area contributed by atoms with Crippen molar-refractivity contribution in [3.05, 3.63) is 38.3 Å². The second kappa shape index (κ2) is 6.97. The molecule has 0 unspecified atom stereocenters. The Labute approximate surface area is 135 Å². The van der Waals surface area contributed by atoms with Crippen molar-refractivity contribution in [2.45, 2.75) is 18.9 Å². The van der Waals surface area contributed by atoms with Crippen LogP contribution in [0.1, 0.15) is 23.2 Å². The molecule has 1 heterocycles. The number of halogens is 1. The van der Waals surface area contributed by atoms with Gasteiger partial charge in [-0.05, 0) is 54.5 Å². The molecule has 0 aromatic heterocycles. The molecule has 8 heteroatoms. The second-order valence-corrected chi connectivity index (χ2v) is 5.95. The Morgan fingerprint density at radius 2 is 2.23 bits per heavy atom. The van der Waals surface area contributed by atoms with Gasteiger partial charge in [-0.2, -0.15) is 0 Å². The highest BCUT2D eigenvalue weighted by Gasteiger charge is 2.29. The van der Waals surface area contributed by atoms with Gasteiger partial charge in [-0.15, -0.1) is 0 Å². The molecule has 22 heavy (non-hydrogen) atoms. The monoisotopic (exact) mass is 370 g/mol. The Morgan fingerprint density at radius 3 is 2.77 bits per heavy atom. The molecule has 1 aliphatic rings. The normalized spacial score (nSPS) is 18.2. The van der Waals surface area contributed by atoms with Crippen LogP contribution in [-0.4, -0.2) is 47.8 Å². The Hall–Kier alpha value is -1.80. The molecule has 0 saturated carbocycles. The number of rotatable bonds is 5. The van der Waals surface area contributed by atoms with E-state index >= 15 is 0 Å². The number of hydrogen-bond acceptors (Lipinski definition) is 6. The SMILES string of the molecule is CN1CCC[C@H]1C(=O)OCC(=O)c1ccc([N+](=O)[O-])c(Br)c1. The van der Waals surface area contributed by atoms with Crippen LogP contribution in [0, 0.1) is 10.1 Å². The van der Waals surface area contributed by atoms with Crippen LogP contribution in [0.5, 0.6) is 0 Å². The van der Waals surface area contributed by atoms with Crippen molar-refractivity contribution in [3.8, 4) is 0 Å². The van der Waals surface area contributed by atoms with Gasteiger partial charge < -0.3 is 4.74 Å². The molecule has 118 valence electrons. The third kappa shape index (κ3) is 3.69. The number of esters is 1. The largest absolute Gasteiger partial charge is 0.456 e. The number of ether oxygens (including phenoxy) is 1. The summed E-state index contributed by atoms with van der Waals surface area (Å²) in [6, 6.07) is 3.65. The number of nitro benzene ring substituents is 1. The van der Waals surface area contributed by atoms with Gasteiger partial charge in [0.15, 0.2) is 12.4 Å². The van der Waals surface area contributed by atoms with Crippen molar-refractivity contribution in [1.82, 2.24) is 4.90 Å². The van der Waals surface area contributed by atoms with Crippen LogP contribution in [0.3, 0.4) is 0 Å². The average molecular weight is 371 g/mol. The lowest BCUT2D eigenvalue weighted by molar-refractivity contribution is -0.385. The zero-order chi connectivity index (χ0) is 16.3. The molecular weight excluding hydrogens is 356 g/mol. The Morgan fingerprint density at radius 1 is 1.50 bits per heavy atom. The zero-order valence-electron chi connectivity index (χ0n) is 12.0. The summed E-state index contributed by atoms with van der Waals surface area (Å²) in [5.74, 6) is -0.807. The van der Waals surface area contributed by atoms with Crippen LogP contribution in [0.2, 0.25) is 0 Å². The van der Waals surface area contributed by atoms with Crippen LogP contribution >= 0.6 is 15.9 Å². The first-order chi connectivity index (χ1) is 10.4. The molecule has 1 saturated heterocycles. The standard InChI is InChI=1S/C14H15BrN2O5/c1-16-6-2-3-12(16)14(19)22-8-13(18)9-4-5-11(17(20)21)10(15)7-9/h4-5,7,12H,2-3,6,8H2,1H3/t12-/m0/s1. The fraction of sp³-hybridized carbons (Fsp3) is 0.429. The molecular formula is C14H15BrN2O5. The van der Waals surface area contributed by atoms with E-state index in [1.165, 1.54) is 18.2 Å². The van der Waals surface area contributed by atoms with E-state index in [4.69, 9.17) is 4.74 Å². The van der Waals surface area contributed by atoms with E-state index in [0.29, 0.717) is 0 Å². The van der Waals surface area contributed by atoms with E-state index in [-0.39, 0.29) is 28.4 Å². The average Bonchev–Trinajstić information content (AvgIpc) is 2.90. The molecule has 7 nitrogen and oxygen atoms in total. The third-order valence-corrected chi connectivity index (χ3v) is 4.24. The van der Waals surface area contributed by atoms with Gasteiger partial charge in [-0.25, -0.2) is 0 Å². The molecule has 0 bridgehead atoms. The molecule has 0 spiro atoms. The first-order valence-electron chi connectivity index (χ1n) is 6.74. The third-order valence-electron chi connectivity index (χ3n) is 3.60.